The summed E-state index contributed by atoms with van der Waals surface area (Å²) in [6, 6.07) is 14.2. The number of benzene rings is 2. The Morgan fingerprint density at radius 2 is 1.76 bits per heavy atom. The van der Waals surface area contributed by atoms with E-state index in [1.807, 2.05) is 37.3 Å². The van der Waals surface area contributed by atoms with Crippen LogP contribution in [0, 0.1) is 18.7 Å². The second kappa shape index (κ2) is 10.4. The number of aryl methyl sites for hydroxylation is 1. The lowest BCUT2D eigenvalue weighted by atomic mass is 9.87. The number of carbonyl (C=O) groups is 1. The number of aliphatic hydroxyl groups is 2. The number of hydrogen-bond donors (Lipinski definition) is 3. The van der Waals surface area contributed by atoms with Gasteiger partial charge in [-0.25, -0.2) is 9.37 Å². The first-order valence-corrected chi connectivity index (χ1v) is 14.3. The molecule has 6 rings (SSSR count). The molecule has 1 amide bonds. The standard InChI is InChI=1S/C33H35FN4O4/c1-18-13-22-14-23(15-26(42-4)29(22)38-37-18)31(39)35-17-33(41,24-11-12-24)27-16-25(32(2,3)40)28(34)30(36-27)21-9-7-20(8-10-21)19-5-6-19/h7-10,13-16,19,24,40-41H,5-6,11-12,17H2,1-4H3,(H,35,39). The van der Waals surface area contributed by atoms with Crippen LogP contribution in [0.5, 0.6) is 5.75 Å². The SMILES string of the molecule is COc1cc(C(=O)NCC(O)(c2cc(C(C)(C)O)c(F)c(-c3ccc(C4CC4)cc3)n2)C2CC2)cc2cc(C)nnc12. The molecule has 2 aromatic carbocycles. The number of methoxy groups -OCH3 is 1. The van der Waals surface area contributed by atoms with Crippen molar-refractivity contribution in [2.24, 2.45) is 5.92 Å². The zero-order valence-corrected chi connectivity index (χ0v) is 24.2. The molecule has 2 aliphatic carbocycles. The molecular formula is C33H35FN4O4. The molecule has 9 heteroatoms. The van der Waals surface area contributed by atoms with E-state index < -0.39 is 22.9 Å². The Morgan fingerprint density at radius 1 is 1.05 bits per heavy atom. The number of carbonyl (C=O) groups excluding carboxylic acids is 1. The monoisotopic (exact) mass is 570 g/mol. The second-order valence-electron chi connectivity index (χ2n) is 12.2. The minimum atomic E-state index is -1.57. The Labute approximate surface area is 244 Å². The molecule has 0 radical (unpaired) electrons. The van der Waals surface area contributed by atoms with Crippen LogP contribution >= 0.6 is 0 Å². The van der Waals surface area contributed by atoms with E-state index in [0.717, 1.165) is 25.7 Å². The Morgan fingerprint density at radius 3 is 2.38 bits per heavy atom. The molecule has 2 heterocycles. The molecule has 2 fully saturated rings. The Bertz CT molecular complexity index is 1680. The number of hydrogen-bond acceptors (Lipinski definition) is 7. The fourth-order valence-corrected chi connectivity index (χ4v) is 5.56. The van der Waals surface area contributed by atoms with Gasteiger partial charge in [-0.2, -0.15) is 5.10 Å². The van der Waals surface area contributed by atoms with Gasteiger partial charge >= 0.3 is 0 Å². The molecule has 2 aliphatic rings. The molecule has 2 saturated carbocycles. The van der Waals surface area contributed by atoms with Gasteiger partial charge in [0, 0.05) is 22.1 Å². The largest absolute Gasteiger partial charge is 0.494 e. The average molecular weight is 571 g/mol. The van der Waals surface area contributed by atoms with Crippen molar-refractivity contribution in [1.29, 1.82) is 0 Å². The maximum atomic E-state index is 15.9. The fourth-order valence-electron chi connectivity index (χ4n) is 5.56. The summed E-state index contributed by atoms with van der Waals surface area (Å²) < 4.78 is 21.3. The highest BCUT2D eigenvalue weighted by atomic mass is 19.1. The van der Waals surface area contributed by atoms with Gasteiger partial charge in [-0.05, 0) is 88.1 Å². The maximum Gasteiger partial charge on any atom is 0.251 e. The molecule has 0 aliphatic heterocycles. The van der Waals surface area contributed by atoms with E-state index >= 15 is 4.39 Å². The molecule has 0 bridgehead atoms. The summed E-state index contributed by atoms with van der Waals surface area (Å²) in [7, 11) is 1.50. The molecule has 3 N–H and O–H groups in total. The van der Waals surface area contributed by atoms with Crippen LogP contribution in [0.4, 0.5) is 4.39 Å². The fraction of sp³-hybridized carbons (Fsp3) is 0.394. The number of aromatic nitrogens is 3. The number of ether oxygens (including phenoxy) is 1. The van der Waals surface area contributed by atoms with E-state index in [1.54, 1.807) is 12.1 Å². The van der Waals surface area contributed by atoms with Gasteiger partial charge in [0.2, 0.25) is 0 Å². The van der Waals surface area contributed by atoms with Crippen LogP contribution in [0.25, 0.3) is 22.2 Å². The average Bonchev–Trinajstić information content (AvgIpc) is 3.88. The second-order valence-corrected chi connectivity index (χ2v) is 12.2. The summed E-state index contributed by atoms with van der Waals surface area (Å²) in [6.45, 7) is 4.68. The highest BCUT2D eigenvalue weighted by molar-refractivity contribution is 5.99. The van der Waals surface area contributed by atoms with Crippen LogP contribution in [0.3, 0.4) is 0 Å². The van der Waals surface area contributed by atoms with E-state index in [4.69, 9.17) is 4.74 Å². The number of halogens is 1. The topological polar surface area (TPSA) is 117 Å². The summed E-state index contributed by atoms with van der Waals surface area (Å²) in [5, 5.41) is 34.8. The number of fused-ring (bicyclic) bond motifs is 1. The Hall–Kier alpha value is -3.95. The summed E-state index contributed by atoms with van der Waals surface area (Å²) in [5.41, 5.74) is 0.571. The molecule has 218 valence electrons. The van der Waals surface area contributed by atoms with E-state index in [9.17, 15) is 15.0 Å². The van der Waals surface area contributed by atoms with Gasteiger partial charge < -0.3 is 20.3 Å². The van der Waals surface area contributed by atoms with Crippen molar-refractivity contribution >= 4 is 16.8 Å². The van der Waals surface area contributed by atoms with E-state index in [0.29, 0.717) is 39.4 Å². The molecular weight excluding hydrogens is 535 g/mol. The van der Waals surface area contributed by atoms with Crippen molar-refractivity contribution in [2.45, 2.75) is 63.6 Å². The van der Waals surface area contributed by atoms with Crippen LogP contribution in [0.2, 0.25) is 0 Å². The van der Waals surface area contributed by atoms with E-state index in [2.05, 4.69) is 20.5 Å². The van der Waals surface area contributed by atoms with Crippen LogP contribution in [-0.2, 0) is 11.2 Å². The van der Waals surface area contributed by atoms with E-state index in [1.165, 1.54) is 32.6 Å². The first-order valence-electron chi connectivity index (χ1n) is 14.3. The number of pyridine rings is 1. The molecule has 42 heavy (non-hydrogen) atoms. The number of nitrogens with one attached hydrogen (secondary N) is 1. The van der Waals surface area contributed by atoms with Gasteiger partial charge in [-0.1, -0.05) is 24.3 Å². The number of rotatable bonds is 9. The zero-order valence-electron chi connectivity index (χ0n) is 24.2. The Kier molecular flexibility index (Phi) is 6.98. The summed E-state index contributed by atoms with van der Waals surface area (Å²) >= 11 is 0. The van der Waals surface area contributed by atoms with Crippen LogP contribution < -0.4 is 10.1 Å². The minimum Gasteiger partial charge on any atom is -0.494 e. The molecule has 0 saturated heterocycles. The summed E-state index contributed by atoms with van der Waals surface area (Å²) in [5.74, 6) is -0.258. The quantitative estimate of drug-likeness (QED) is 0.251. The lowest BCUT2D eigenvalue weighted by Crippen LogP contribution is -2.43. The summed E-state index contributed by atoms with van der Waals surface area (Å²) in [4.78, 5) is 18.0. The number of amides is 1. The van der Waals surface area contributed by atoms with Gasteiger partial charge in [0.05, 0.1) is 30.6 Å². The zero-order chi connectivity index (χ0) is 29.8. The normalized spacial score (nSPS) is 16.7. The molecule has 1 unspecified atom stereocenters. The van der Waals surface area contributed by atoms with Crippen molar-refractivity contribution in [3.8, 4) is 17.0 Å². The van der Waals surface area contributed by atoms with Crippen molar-refractivity contribution in [3.63, 3.8) is 0 Å². The highest BCUT2D eigenvalue weighted by Crippen LogP contribution is 2.47. The van der Waals surface area contributed by atoms with Crippen LogP contribution in [0.15, 0.2) is 48.5 Å². The number of nitrogens with zero attached hydrogens (tertiary/aromatic N) is 3. The van der Waals surface area contributed by atoms with Gasteiger partial charge in [0.1, 0.15) is 22.6 Å². The van der Waals surface area contributed by atoms with Gasteiger partial charge in [-0.15, -0.1) is 5.10 Å². The van der Waals surface area contributed by atoms with Crippen molar-refractivity contribution < 1.29 is 24.1 Å². The van der Waals surface area contributed by atoms with Gasteiger partial charge in [0.15, 0.2) is 5.82 Å². The van der Waals surface area contributed by atoms with Crippen molar-refractivity contribution in [2.75, 3.05) is 13.7 Å². The molecule has 2 aromatic heterocycles. The maximum absolute atomic E-state index is 15.9. The lowest BCUT2D eigenvalue weighted by molar-refractivity contribution is 0.00864. The minimum absolute atomic E-state index is 0.0370. The van der Waals surface area contributed by atoms with Gasteiger partial charge in [-0.3, -0.25) is 4.79 Å². The molecule has 0 spiro atoms. The first-order chi connectivity index (χ1) is 20.0. The summed E-state index contributed by atoms with van der Waals surface area (Å²) in [6.07, 6.45) is 3.78. The predicted octanol–water partition coefficient (Wildman–Crippen LogP) is 5.28. The Balaban J connectivity index is 1.35. The first kappa shape index (κ1) is 28.2. The smallest absolute Gasteiger partial charge is 0.251 e. The highest BCUT2D eigenvalue weighted by Gasteiger charge is 2.47. The molecule has 8 nitrogen and oxygen atoms in total. The van der Waals surface area contributed by atoms with Crippen molar-refractivity contribution in [3.05, 3.63) is 82.4 Å². The molecule has 1 atom stereocenters. The van der Waals surface area contributed by atoms with Gasteiger partial charge in [0.25, 0.3) is 5.91 Å². The van der Waals surface area contributed by atoms with Crippen molar-refractivity contribution in [1.82, 2.24) is 20.5 Å². The molecule has 4 aromatic rings. The third kappa shape index (κ3) is 5.34. The van der Waals surface area contributed by atoms with Crippen LogP contribution in [0.1, 0.15) is 78.3 Å². The third-order valence-electron chi connectivity index (χ3n) is 8.32. The van der Waals surface area contributed by atoms with Crippen LogP contribution in [-0.4, -0.2) is 45.0 Å². The van der Waals surface area contributed by atoms with E-state index in [-0.39, 0.29) is 29.4 Å². The lowest BCUT2D eigenvalue weighted by Gasteiger charge is -2.31. The predicted molar refractivity (Wildman–Crippen MR) is 157 cm³/mol. The third-order valence-corrected chi connectivity index (χ3v) is 8.32.